The Labute approximate surface area is 292 Å². The summed E-state index contributed by atoms with van der Waals surface area (Å²) in [5.41, 5.74) is 0.549. The first-order valence-electron chi connectivity index (χ1n) is 15.8. The highest BCUT2D eigenvalue weighted by Gasteiger charge is 2.23. The van der Waals surface area contributed by atoms with Crippen LogP contribution in [0.15, 0.2) is 132 Å². The molecule has 0 saturated heterocycles. The molecule has 0 radical (unpaired) electrons. The van der Waals surface area contributed by atoms with Crippen LogP contribution in [0, 0.1) is 0 Å². The third-order valence-electron chi connectivity index (χ3n) is 7.03. The van der Waals surface area contributed by atoms with Gasteiger partial charge in [-0.2, -0.15) is 0 Å². The molecule has 256 valence electrons. The fourth-order valence-electron chi connectivity index (χ4n) is 4.73. The summed E-state index contributed by atoms with van der Waals surface area (Å²) in [7, 11) is 0. The van der Waals surface area contributed by atoms with Crippen LogP contribution in [0.2, 0.25) is 0 Å². The first-order valence-corrected chi connectivity index (χ1v) is 16.6. The van der Waals surface area contributed by atoms with E-state index in [4.69, 9.17) is 28.4 Å². The highest BCUT2D eigenvalue weighted by atomic mass is 32.2. The van der Waals surface area contributed by atoms with Crippen molar-refractivity contribution in [1.29, 1.82) is 0 Å². The summed E-state index contributed by atoms with van der Waals surface area (Å²) < 4.78 is 35.6. The van der Waals surface area contributed by atoms with E-state index < -0.39 is 24.1 Å². The fraction of sp³-hybridized carbons (Fsp3) is 0.250. The van der Waals surface area contributed by atoms with Gasteiger partial charge in [0.25, 0.3) is 0 Å². The number of carbonyl (C=O) groups is 2. The van der Waals surface area contributed by atoms with Gasteiger partial charge in [0.2, 0.25) is 0 Å². The van der Waals surface area contributed by atoms with Gasteiger partial charge < -0.3 is 28.4 Å². The zero-order valence-corrected chi connectivity index (χ0v) is 28.8. The van der Waals surface area contributed by atoms with Crippen LogP contribution in [-0.2, 0) is 28.5 Å². The van der Waals surface area contributed by atoms with Gasteiger partial charge in [-0.05, 0) is 44.2 Å². The summed E-state index contributed by atoms with van der Waals surface area (Å²) in [6, 6.07) is 23.8. The van der Waals surface area contributed by atoms with E-state index in [-0.39, 0.29) is 37.6 Å². The minimum absolute atomic E-state index is 0.0189. The maximum atomic E-state index is 12.5. The highest BCUT2D eigenvalue weighted by molar-refractivity contribution is 7.99. The molecule has 0 aromatic heterocycles. The van der Waals surface area contributed by atoms with Crippen molar-refractivity contribution in [2.45, 2.75) is 35.8 Å². The number of carbonyl (C=O) groups excluding carboxylic acids is 2. The molecule has 9 heteroatoms. The van der Waals surface area contributed by atoms with Crippen LogP contribution >= 0.6 is 11.8 Å². The molecular weight excluding hydrogens is 640 g/mol. The molecule has 49 heavy (non-hydrogen) atoms. The molecule has 0 fully saturated rings. The number of rotatable bonds is 20. The molecular formula is C40H42O8S. The van der Waals surface area contributed by atoms with Gasteiger partial charge in [-0.1, -0.05) is 79.5 Å². The van der Waals surface area contributed by atoms with E-state index in [9.17, 15) is 9.59 Å². The van der Waals surface area contributed by atoms with Gasteiger partial charge in [-0.25, -0.2) is 9.59 Å². The zero-order valence-electron chi connectivity index (χ0n) is 28.0. The lowest BCUT2D eigenvalue weighted by atomic mass is 10.0. The van der Waals surface area contributed by atoms with Gasteiger partial charge in [0.15, 0.2) is 12.2 Å². The molecule has 4 aromatic rings. The minimum Gasteiger partial charge on any atom is -0.488 e. The fourth-order valence-corrected chi connectivity index (χ4v) is 5.61. The van der Waals surface area contributed by atoms with Crippen molar-refractivity contribution in [3.63, 3.8) is 0 Å². The Morgan fingerprint density at radius 2 is 1.10 bits per heavy atom. The third-order valence-corrected chi connectivity index (χ3v) is 8.02. The molecule has 4 rings (SSSR count). The molecule has 8 nitrogen and oxygen atoms in total. The van der Waals surface area contributed by atoms with Gasteiger partial charge in [-0.3, -0.25) is 0 Å². The van der Waals surface area contributed by atoms with E-state index in [1.807, 2.05) is 66.7 Å². The van der Waals surface area contributed by atoms with Crippen LogP contribution in [0.25, 0.3) is 21.5 Å². The number of ether oxygens (including phenoxy) is 6. The predicted molar refractivity (Wildman–Crippen MR) is 194 cm³/mol. The summed E-state index contributed by atoms with van der Waals surface area (Å²) >= 11 is 1.62. The topological polar surface area (TPSA) is 89.5 Å². The number of benzene rings is 4. The van der Waals surface area contributed by atoms with Crippen molar-refractivity contribution >= 4 is 45.2 Å². The lowest BCUT2D eigenvalue weighted by molar-refractivity contribution is -0.149. The van der Waals surface area contributed by atoms with Crippen LogP contribution < -0.4 is 9.47 Å². The number of hydrogen-bond acceptors (Lipinski definition) is 9. The lowest BCUT2D eigenvalue weighted by Gasteiger charge is -2.23. The smallest absolute Gasteiger partial charge is 0.333 e. The molecule has 0 spiro atoms. The Morgan fingerprint density at radius 1 is 0.633 bits per heavy atom. The molecule has 0 N–H and O–H groups in total. The highest BCUT2D eigenvalue weighted by Crippen LogP contribution is 2.45. The Hall–Kier alpha value is -4.83. The van der Waals surface area contributed by atoms with E-state index in [0.717, 1.165) is 31.3 Å². The first-order chi connectivity index (χ1) is 23.7. The van der Waals surface area contributed by atoms with Gasteiger partial charge in [0.1, 0.15) is 24.7 Å². The Balaban J connectivity index is 1.78. The van der Waals surface area contributed by atoms with Crippen LogP contribution in [0.3, 0.4) is 0 Å². The van der Waals surface area contributed by atoms with Crippen LogP contribution in [-0.4, -0.2) is 63.8 Å². The van der Waals surface area contributed by atoms with E-state index >= 15 is 0 Å². The quantitative estimate of drug-likeness (QED) is 0.0300. The average molecular weight is 683 g/mol. The molecule has 0 aliphatic heterocycles. The van der Waals surface area contributed by atoms with E-state index in [0.29, 0.717) is 24.7 Å². The number of hydrogen-bond donors (Lipinski definition) is 0. The minimum atomic E-state index is -0.713. The van der Waals surface area contributed by atoms with E-state index in [1.165, 1.54) is 0 Å². The largest absolute Gasteiger partial charge is 0.488 e. The Bertz CT molecular complexity index is 1800. The maximum absolute atomic E-state index is 12.5. The molecule has 0 heterocycles. The van der Waals surface area contributed by atoms with Crippen LogP contribution in [0.5, 0.6) is 11.5 Å². The zero-order chi connectivity index (χ0) is 35.2. The standard InChI is InChI=1S/C40H42O8S/c1-7-20-43-23-29(47-39(41)27(3)4)25-45-37-33-16-12-13-17-34(33)38(46-26-30(24-44-21-8-2)48-40(42)28(5)6)36-22-32(18-19-35(36)37)49-31-14-10-9-11-15-31/h7-19,22,29-30H,1-3,5,20-21,23-26H2,4,6H3. The number of esters is 2. The van der Waals surface area contributed by atoms with Crippen molar-refractivity contribution < 1.29 is 38.0 Å². The molecule has 2 unspecified atom stereocenters. The lowest BCUT2D eigenvalue weighted by Crippen LogP contribution is -2.30. The Morgan fingerprint density at radius 3 is 1.59 bits per heavy atom. The van der Waals surface area contributed by atoms with Crippen molar-refractivity contribution in [2.75, 3.05) is 39.6 Å². The molecule has 0 saturated carbocycles. The maximum Gasteiger partial charge on any atom is 0.333 e. The molecule has 4 aromatic carbocycles. The Kier molecular flexibility index (Phi) is 14.1. The van der Waals surface area contributed by atoms with E-state index in [1.54, 1.807) is 37.8 Å². The van der Waals surface area contributed by atoms with Crippen molar-refractivity contribution in [3.8, 4) is 11.5 Å². The van der Waals surface area contributed by atoms with Crippen LogP contribution in [0.4, 0.5) is 0 Å². The monoisotopic (exact) mass is 682 g/mol. The van der Waals surface area contributed by atoms with Gasteiger partial charge in [0.05, 0.1) is 26.4 Å². The molecule has 0 aliphatic rings. The second-order valence-corrected chi connectivity index (χ2v) is 12.4. The summed E-state index contributed by atoms with van der Waals surface area (Å²) in [5.74, 6) is 0.118. The summed E-state index contributed by atoms with van der Waals surface area (Å²) in [4.78, 5) is 27.0. The molecule has 0 amide bonds. The van der Waals surface area contributed by atoms with Gasteiger partial charge in [-0.15, -0.1) is 13.2 Å². The SMILES string of the molecule is C=CCOCC(COc1c2ccccc2c(OCC(COCC=C)OC(=O)C(=C)C)c2cc(Sc3ccccc3)ccc12)OC(=O)C(=C)C. The number of fused-ring (bicyclic) bond motifs is 2. The van der Waals surface area contributed by atoms with Gasteiger partial charge in [0, 0.05) is 42.5 Å². The normalized spacial score (nSPS) is 12.1. The summed E-state index contributed by atoms with van der Waals surface area (Å²) in [6.45, 7) is 18.8. The van der Waals surface area contributed by atoms with E-state index in [2.05, 4.69) is 32.4 Å². The second-order valence-electron chi connectivity index (χ2n) is 11.2. The molecule has 2 atom stereocenters. The summed E-state index contributed by atoms with van der Waals surface area (Å²) in [5, 5.41) is 3.12. The molecule has 0 bridgehead atoms. The van der Waals surface area contributed by atoms with Gasteiger partial charge >= 0.3 is 11.9 Å². The molecule has 0 aliphatic carbocycles. The summed E-state index contributed by atoms with van der Waals surface area (Å²) in [6.07, 6.45) is 1.83. The average Bonchev–Trinajstić information content (AvgIpc) is 3.09. The van der Waals surface area contributed by atoms with Crippen molar-refractivity contribution in [1.82, 2.24) is 0 Å². The van der Waals surface area contributed by atoms with Crippen molar-refractivity contribution in [3.05, 3.63) is 122 Å². The first kappa shape index (κ1) is 37.0. The second kappa shape index (κ2) is 18.6. The third kappa shape index (κ3) is 10.6. The van der Waals surface area contributed by atoms with Crippen molar-refractivity contribution in [2.24, 2.45) is 0 Å². The predicted octanol–water partition coefficient (Wildman–Crippen LogP) is 8.28. The van der Waals surface area contributed by atoms with Crippen LogP contribution in [0.1, 0.15) is 13.8 Å².